The zero-order valence-corrected chi connectivity index (χ0v) is 12.5. The van der Waals surface area contributed by atoms with Gasteiger partial charge in [0.1, 0.15) is 5.75 Å². The normalized spacial score (nSPS) is 20.6. The van der Waals surface area contributed by atoms with E-state index >= 15 is 0 Å². The van der Waals surface area contributed by atoms with E-state index in [0.717, 1.165) is 17.7 Å². The highest BCUT2D eigenvalue weighted by atomic mass is 32.2. The average Bonchev–Trinajstić information content (AvgIpc) is 2.76. The number of benzene rings is 1. The molecular formula is C14H19NO4S. The first-order valence-electron chi connectivity index (χ1n) is 6.63. The highest BCUT2D eigenvalue weighted by Crippen LogP contribution is 2.21. The standard InChI is InChI=1S/C14H19NO4S/c1-3-10-8-11(4-5-13(10)19-2)14(16)15-12-6-7-20(17,18)9-12/h4-5,8,12H,3,6-7,9H2,1-2H3,(H,15,16). The molecule has 1 aliphatic rings. The summed E-state index contributed by atoms with van der Waals surface area (Å²) in [7, 11) is -1.39. The Kier molecular flexibility index (Phi) is 4.32. The molecule has 1 unspecified atom stereocenters. The van der Waals surface area contributed by atoms with Crippen LogP contribution in [0.4, 0.5) is 0 Å². The van der Waals surface area contributed by atoms with Crippen LogP contribution in [0.3, 0.4) is 0 Å². The first kappa shape index (κ1) is 14.8. The molecule has 1 heterocycles. The lowest BCUT2D eigenvalue weighted by Crippen LogP contribution is -2.35. The second kappa shape index (κ2) is 5.83. The second-order valence-corrected chi connectivity index (χ2v) is 7.18. The molecule has 0 aliphatic carbocycles. The highest BCUT2D eigenvalue weighted by molar-refractivity contribution is 7.91. The Morgan fingerprint density at radius 3 is 2.75 bits per heavy atom. The van der Waals surface area contributed by atoms with Crippen LogP contribution in [0.25, 0.3) is 0 Å². The number of amides is 1. The number of carbonyl (C=O) groups is 1. The molecule has 0 spiro atoms. The van der Waals surface area contributed by atoms with Crippen molar-refractivity contribution in [3.8, 4) is 5.75 Å². The smallest absolute Gasteiger partial charge is 0.251 e. The largest absolute Gasteiger partial charge is 0.496 e. The molecule has 1 N–H and O–H groups in total. The molecule has 5 nitrogen and oxygen atoms in total. The van der Waals surface area contributed by atoms with Crippen molar-refractivity contribution in [3.63, 3.8) is 0 Å². The molecule has 6 heteroatoms. The first-order chi connectivity index (χ1) is 9.45. The van der Waals surface area contributed by atoms with Gasteiger partial charge in [0.25, 0.3) is 5.91 Å². The van der Waals surface area contributed by atoms with E-state index < -0.39 is 9.84 Å². The summed E-state index contributed by atoms with van der Waals surface area (Å²) < 4.78 is 28.0. The molecular weight excluding hydrogens is 278 g/mol. The van der Waals surface area contributed by atoms with E-state index in [-0.39, 0.29) is 23.5 Å². The van der Waals surface area contributed by atoms with E-state index in [4.69, 9.17) is 4.74 Å². The minimum absolute atomic E-state index is 0.0372. The zero-order valence-electron chi connectivity index (χ0n) is 11.7. The SMILES string of the molecule is CCc1cc(C(=O)NC2CCS(=O)(=O)C2)ccc1OC. The summed E-state index contributed by atoms with van der Waals surface area (Å²) in [4.78, 5) is 12.1. The fourth-order valence-electron chi connectivity index (χ4n) is 2.37. The lowest BCUT2D eigenvalue weighted by Gasteiger charge is -2.13. The Balaban J connectivity index is 2.10. The van der Waals surface area contributed by atoms with E-state index in [1.54, 1.807) is 25.3 Å². The third-order valence-corrected chi connectivity index (χ3v) is 5.26. The van der Waals surface area contributed by atoms with Gasteiger partial charge in [-0.2, -0.15) is 0 Å². The molecule has 0 saturated carbocycles. The Hall–Kier alpha value is -1.56. The maximum Gasteiger partial charge on any atom is 0.251 e. The number of aryl methyl sites for hydroxylation is 1. The molecule has 1 fully saturated rings. The molecule has 2 rings (SSSR count). The third kappa shape index (κ3) is 3.30. The Labute approximate surface area is 119 Å². The van der Waals surface area contributed by atoms with E-state index in [1.807, 2.05) is 6.92 Å². The number of sulfone groups is 1. The molecule has 1 aromatic carbocycles. The quantitative estimate of drug-likeness (QED) is 0.905. The van der Waals surface area contributed by atoms with E-state index in [2.05, 4.69) is 5.32 Å². The van der Waals surface area contributed by atoms with Gasteiger partial charge < -0.3 is 10.1 Å². The predicted molar refractivity (Wildman–Crippen MR) is 76.9 cm³/mol. The van der Waals surface area contributed by atoms with E-state index in [0.29, 0.717) is 12.0 Å². The Bertz CT molecular complexity index is 610. The number of carbonyl (C=O) groups excluding carboxylic acids is 1. The maximum atomic E-state index is 12.1. The zero-order chi connectivity index (χ0) is 14.8. The number of hydrogen-bond donors (Lipinski definition) is 1. The van der Waals surface area contributed by atoms with Gasteiger partial charge in [0.15, 0.2) is 9.84 Å². The highest BCUT2D eigenvalue weighted by Gasteiger charge is 2.29. The molecule has 0 bridgehead atoms. The average molecular weight is 297 g/mol. The summed E-state index contributed by atoms with van der Waals surface area (Å²) in [6.07, 6.45) is 1.26. The van der Waals surface area contributed by atoms with Crippen LogP contribution in [0.5, 0.6) is 5.75 Å². The van der Waals surface area contributed by atoms with Crippen molar-refractivity contribution in [2.75, 3.05) is 18.6 Å². The van der Waals surface area contributed by atoms with E-state index in [1.165, 1.54) is 0 Å². The van der Waals surface area contributed by atoms with Crippen molar-refractivity contribution in [1.29, 1.82) is 0 Å². The summed E-state index contributed by atoms with van der Waals surface area (Å²) in [5, 5.41) is 2.78. The summed E-state index contributed by atoms with van der Waals surface area (Å²) in [6, 6.07) is 4.97. The van der Waals surface area contributed by atoms with Gasteiger partial charge in [-0.1, -0.05) is 6.92 Å². The van der Waals surface area contributed by atoms with Crippen molar-refractivity contribution in [2.45, 2.75) is 25.8 Å². The van der Waals surface area contributed by atoms with Crippen molar-refractivity contribution >= 4 is 15.7 Å². The van der Waals surface area contributed by atoms with Crippen LogP contribution in [0, 0.1) is 0 Å². The number of nitrogens with one attached hydrogen (secondary N) is 1. The van der Waals surface area contributed by atoms with Crippen molar-refractivity contribution in [2.24, 2.45) is 0 Å². The Morgan fingerprint density at radius 2 is 2.20 bits per heavy atom. The minimum Gasteiger partial charge on any atom is -0.496 e. The van der Waals surface area contributed by atoms with Crippen LogP contribution >= 0.6 is 0 Å². The maximum absolute atomic E-state index is 12.1. The lowest BCUT2D eigenvalue weighted by atomic mass is 10.1. The predicted octanol–water partition coefficient (Wildman–Crippen LogP) is 1.17. The van der Waals surface area contributed by atoms with Crippen molar-refractivity contribution < 1.29 is 17.9 Å². The number of ether oxygens (including phenoxy) is 1. The molecule has 1 aliphatic heterocycles. The summed E-state index contributed by atoms with van der Waals surface area (Å²) >= 11 is 0. The molecule has 110 valence electrons. The topological polar surface area (TPSA) is 72.5 Å². The molecule has 1 aromatic rings. The molecule has 0 radical (unpaired) electrons. The van der Waals surface area contributed by atoms with Crippen LogP contribution in [-0.4, -0.2) is 39.0 Å². The van der Waals surface area contributed by atoms with Gasteiger partial charge in [0.05, 0.1) is 18.6 Å². The number of hydrogen-bond acceptors (Lipinski definition) is 4. The van der Waals surface area contributed by atoms with Gasteiger partial charge in [-0.15, -0.1) is 0 Å². The van der Waals surface area contributed by atoms with Crippen LogP contribution in [0.1, 0.15) is 29.3 Å². The summed E-state index contributed by atoms with van der Waals surface area (Å²) in [6.45, 7) is 1.99. The van der Waals surface area contributed by atoms with Gasteiger partial charge in [-0.05, 0) is 36.6 Å². The fourth-order valence-corrected chi connectivity index (χ4v) is 4.05. The summed E-state index contributed by atoms with van der Waals surface area (Å²) in [5.74, 6) is 0.716. The van der Waals surface area contributed by atoms with Gasteiger partial charge in [0.2, 0.25) is 0 Å². The number of methoxy groups -OCH3 is 1. The number of rotatable bonds is 4. The monoisotopic (exact) mass is 297 g/mol. The molecule has 1 atom stereocenters. The fraction of sp³-hybridized carbons (Fsp3) is 0.500. The van der Waals surface area contributed by atoms with Crippen LogP contribution in [-0.2, 0) is 16.3 Å². The van der Waals surface area contributed by atoms with Gasteiger partial charge in [0, 0.05) is 11.6 Å². The van der Waals surface area contributed by atoms with Crippen LogP contribution in [0.2, 0.25) is 0 Å². The molecule has 20 heavy (non-hydrogen) atoms. The van der Waals surface area contributed by atoms with Crippen LogP contribution in [0.15, 0.2) is 18.2 Å². The molecule has 1 saturated heterocycles. The van der Waals surface area contributed by atoms with Crippen LogP contribution < -0.4 is 10.1 Å². The summed E-state index contributed by atoms with van der Waals surface area (Å²) in [5.41, 5.74) is 1.49. The molecule has 1 amide bonds. The lowest BCUT2D eigenvalue weighted by molar-refractivity contribution is 0.0941. The first-order valence-corrected chi connectivity index (χ1v) is 8.45. The Morgan fingerprint density at radius 1 is 1.45 bits per heavy atom. The van der Waals surface area contributed by atoms with Crippen molar-refractivity contribution in [3.05, 3.63) is 29.3 Å². The molecule has 0 aromatic heterocycles. The van der Waals surface area contributed by atoms with Gasteiger partial charge >= 0.3 is 0 Å². The third-order valence-electron chi connectivity index (χ3n) is 3.49. The van der Waals surface area contributed by atoms with Gasteiger partial charge in [-0.3, -0.25) is 4.79 Å². The second-order valence-electron chi connectivity index (χ2n) is 4.95. The van der Waals surface area contributed by atoms with Gasteiger partial charge in [-0.25, -0.2) is 8.42 Å². The van der Waals surface area contributed by atoms with E-state index in [9.17, 15) is 13.2 Å². The van der Waals surface area contributed by atoms with Crippen molar-refractivity contribution in [1.82, 2.24) is 5.32 Å². The minimum atomic E-state index is -2.98.